The summed E-state index contributed by atoms with van der Waals surface area (Å²) in [7, 11) is 0. The standard InChI is InChI=1S/C16H20BrN3O2.C2H6/c1-10(7-18)9-20(15(21)22-16(4,5)6)14-11(2)13(17)8-19-12(14)3;1-2/h8H,1,9H2,2-6H3;1-2H3. The molecule has 0 spiro atoms. The highest BCUT2D eigenvalue weighted by Crippen LogP contribution is 2.30. The number of carbonyl (C=O) groups excluding carboxylic acids is 1. The van der Waals surface area contributed by atoms with E-state index in [0.717, 1.165) is 10.0 Å². The second kappa shape index (κ2) is 9.43. The van der Waals surface area contributed by atoms with Crippen molar-refractivity contribution in [1.82, 2.24) is 4.98 Å². The van der Waals surface area contributed by atoms with Crippen molar-refractivity contribution in [3.63, 3.8) is 0 Å². The fourth-order valence-electron chi connectivity index (χ4n) is 1.87. The van der Waals surface area contributed by atoms with Crippen molar-refractivity contribution in [3.8, 4) is 6.07 Å². The molecule has 0 aromatic carbocycles. The number of hydrogen-bond acceptors (Lipinski definition) is 4. The highest BCUT2D eigenvalue weighted by atomic mass is 79.9. The molecule has 0 radical (unpaired) electrons. The number of nitrogens with zero attached hydrogens (tertiary/aromatic N) is 3. The van der Waals surface area contributed by atoms with E-state index < -0.39 is 11.7 Å². The van der Waals surface area contributed by atoms with Gasteiger partial charge in [-0.15, -0.1) is 0 Å². The summed E-state index contributed by atoms with van der Waals surface area (Å²) in [5.74, 6) is 0. The minimum absolute atomic E-state index is 0.0607. The molecule has 1 heterocycles. The van der Waals surface area contributed by atoms with Crippen LogP contribution in [0.3, 0.4) is 0 Å². The number of pyridine rings is 1. The minimum atomic E-state index is -0.634. The van der Waals surface area contributed by atoms with Crippen LogP contribution in [0.1, 0.15) is 45.9 Å². The first kappa shape index (κ1) is 22.1. The van der Waals surface area contributed by atoms with Crippen LogP contribution in [0.5, 0.6) is 0 Å². The number of aromatic nitrogens is 1. The number of hydrogen-bond donors (Lipinski definition) is 0. The number of ether oxygens (including phenoxy) is 1. The zero-order valence-electron chi connectivity index (χ0n) is 15.5. The van der Waals surface area contributed by atoms with Gasteiger partial charge in [0.15, 0.2) is 0 Å². The maximum atomic E-state index is 12.5. The average molecular weight is 396 g/mol. The van der Waals surface area contributed by atoms with Crippen LogP contribution in [-0.4, -0.2) is 23.2 Å². The second-order valence-electron chi connectivity index (χ2n) is 5.95. The van der Waals surface area contributed by atoms with Crippen LogP contribution in [0.25, 0.3) is 0 Å². The van der Waals surface area contributed by atoms with Crippen LogP contribution in [0.2, 0.25) is 0 Å². The van der Waals surface area contributed by atoms with Gasteiger partial charge in [-0.25, -0.2) is 4.79 Å². The maximum Gasteiger partial charge on any atom is 0.415 e. The van der Waals surface area contributed by atoms with Gasteiger partial charge in [0.1, 0.15) is 5.60 Å². The zero-order valence-corrected chi connectivity index (χ0v) is 17.1. The summed E-state index contributed by atoms with van der Waals surface area (Å²) in [4.78, 5) is 18.2. The van der Waals surface area contributed by atoms with E-state index in [1.165, 1.54) is 4.90 Å². The largest absolute Gasteiger partial charge is 0.443 e. The van der Waals surface area contributed by atoms with Gasteiger partial charge in [-0.1, -0.05) is 20.4 Å². The third kappa shape index (κ3) is 6.32. The van der Waals surface area contributed by atoms with Gasteiger partial charge in [-0.2, -0.15) is 5.26 Å². The van der Waals surface area contributed by atoms with Crippen LogP contribution < -0.4 is 4.90 Å². The van der Waals surface area contributed by atoms with Crippen molar-refractivity contribution in [3.05, 3.63) is 34.1 Å². The highest BCUT2D eigenvalue weighted by molar-refractivity contribution is 9.10. The summed E-state index contributed by atoms with van der Waals surface area (Å²) in [6.07, 6.45) is 1.15. The molecule has 24 heavy (non-hydrogen) atoms. The van der Waals surface area contributed by atoms with Gasteiger partial charge in [0.05, 0.1) is 24.0 Å². The first-order valence-corrected chi connectivity index (χ1v) is 8.56. The summed E-state index contributed by atoms with van der Waals surface area (Å²) in [5, 5.41) is 8.98. The first-order chi connectivity index (χ1) is 11.1. The Morgan fingerprint density at radius 3 is 2.42 bits per heavy atom. The van der Waals surface area contributed by atoms with Crippen molar-refractivity contribution in [2.45, 2.75) is 54.1 Å². The molecule has 0 fully saturated rings. The lowest BCUT2D eigenvalue weighted by molar-refractivity contribution is 0.0583. The molecule has 0 saturated carbocycles. The van der Waals surface area contributed by atoms with Gasteiger partial charge in [-0.3, -0.25) is 9.88 Å². The summed E-state index contributed by atoms with van der Waals surface area (Å²) in [6.45, 7) is 16.8. The van der Waals surface area contributed by atoms with Crippen LogP contribution in [-0.2, 0) is 4.74 Å². The van der Waals surface area contributed by atoms with E-state index in [1.807, 2.05) is 26.8 Å². The van der Waals surface area contributed by atoms with Gasteiger partial charge in [-0.05, 0) is 56.1 Å². The van der Waals surface area contributed by atoms with Gasteiger partial charge in [0.25, 0.3) is 0 Å². The Kier molecular flexibility index (Phi) is 8.70. The van der Waals surface area contributed by atoms with E-state index in [1.54, 1.807) is 33.9 Å². The Morgan fingerprint density at radius 2 is 1.96 bits per heavy atom. The first-order valence-electron chi connectivity index (χ1n) is 7.77. The number of anilines is 1. The van der Waals surface area contributed by atoms with Gasteiger partial charge in [0, 0.05) is 16.2 Å². The number of carbonyl (C=O) groups is 1. The zero-order chi connectivity index (χ0) is 19.1. The van der Waals surface area contributed by atoms with Crippen LogP contribution >= 0.6 is 15.9 Å². The minimum Gasteiger partial charge on any atom is -0.443 e. The fourth-order valence-corrected chi connectivity index (χ4v) is 2.16. The predicted octanol–water partition coefficient (Wildman–Crippen LogP) is 5.31. The molecular formula is C18H26BrN3O2. The van der Waals surface area contributed by atoms with E-state index >= 15 is 0 Å². The molecule has 1 aromatic heterocycles. The van der Waals surface area contributed by atoms with Crippen molar-refractivity contribution in [2.75, 3.05) is 11.4 Å². The van der Waals surface area contributed by atoms with Crippen LogP contribution in [0.4, 0.5) is 10.5 Å². The second-order valence-corrected chi connectivity index (χ2v) is 6.80. The summed E-state index contributed by atoms with van der Waals surface area (Å²) >= 11 is 3.41. The molecule has 0 bridgehead atoms. The van der Waals surface area contributed by atoms with Crippen LogP contribution in [0, 0.1) is 25.2 Å². The summed E-state index contributed by atoms with van der Waals surface area (Å²) in [6, 6.07) is 1.96. The molecule has 0 saturated heterocycles. The molecule has 6 heteroatoms. The van der Waals surface area contributed by atoms with Crippen molar-refractivity contribution in [1.29, 1.82) is 5.26 Å². The van der Waals surface area contributed by atoms with Crippen molar-refractivity contribution >= 4 is 27.7 Å². The number of halogens is 1. The Bertz CT molecular complexity index is 643. The Labute approximate surface area is 153 Å². The lowest BCUT2D eigenvalue weighted by Crippen LogP contribution is -2.38. The molecule has 0 aliphatic heterocycles. The molecule has 5 nitrogen and oxygen atoms in total. The van der Waals surface area contributed by atoms with E-state index in [0.29, 0.717) is 11.4 Å². The lowest BCUT2D eigenvalue weighted by atomic mass is 10.1. The molecular weight excluding hydrogens is 370 g/mol. The molecule has 1 rings (SSSR count). The lowest BCUT2D eigenvalue weighted by Gasteiger charge is -2.29. The van der Waals surface area contributed by atoms with Crippen molar-refractivity contribution in [2.24, 2.45) is 0 Å². The molecule has 0 aliphatic carbocycles. The predicted molar refractivity (Wildman–Crippen MR) is 101 cm³/mol. The third-order valence-corrected chi connectivity index (χ3v) is 3.62. The smallest absolute Gasteiger partial charge is 0.415 e. The number of aryl methyl sites for hydroxylation is 1. The molecule has 132 valence electrons. The molecule has 0 N–H and O–H groups in total. The molecule has 0 unspecified atom stereocenters. The number of amides is 1. The Morgan fingerprint density at radius 1 is 1.42 bits per heavy atom. The maximum absolute atomic E-state index is 12.5. The quantitative estimate of drug-likeness (QED) is 0.650. The third-order valence-electron chi connectivity index (χ3n) is 2.82. The van der Waals surface area contributed by atoms with Gasteiger partial charge < -0.3 is 4.74 Å². The average Bonchev–Trinajstić information content (AvgIpc) is 2.50. The Hall–Kier alpha value is -1.87. The molecule has 0 atom stereocenters. The van der Waals surface area contributed by atoms with Crippen LogP contribution in [0.15, 0.2) is 22.8 Å². The fraction of sp³-hybridized carbons (Fsp3) is 0.500. The number of nitriles is 1. The SMILES string of the molecule is C=C(C#N)CN(C(=O)OC(C)(C)C)c1c(C)ncc(Br)c1C.CC. The summed E-state index contributed by atoms with van der Waals surface area (Å²) < 4.78 is 6.22. The normalized spacial score (nSPS) is 10.1. The van der Waals surface area contributed by atoms with E-state index in [9.17, 15) is 4.79 Å². The Balaban J connectivity index is 0.00000254. The van der Waals surface area contributed by atoms with Crippen molar-refractivity contribution < 1.29 is 9.53 Å². The van der Waals surface area contributed by atoms with E-state index in [-0.39, 0.29) is 12.1 Å². The molecule has 0 aliphatic rings. The molecule has 1 amide bonds. The van der Waals surface area contributed by atoms with E-state index in [4.69, 9.17) is 10.00 Å². The number of rotatable bonds is 3. The van der Waals surface area contributed by atoms with E-state index in [2.05, 4.69) is 27.5 Å². The highest BCUT2D eigenvalue weighted by Gasteiger charge is 2.27. The summed E-state index contributed by atoms with van der Waals surface area (Å²) in [5.41, 5.74) is 1.79. The molecule has 1 aromatic rings. The van der Waals surface area contributed by atoms with Gasteiger partial charge >= 0.3 is 6.09 Å². The monoisotopic (exact) mass is 395 g/mol. The van der Waals surface area contributed by atoms with Gasteiger partial charge in [0.2, 0.25) is 0 Å². The topological polar surface area (TPSA) is 66.2 Å².